The van der Waals surface area contributed by atoms with Gasteiger partial charge in [-0.1, -0.05) is 13.8 Å². The van der Waals surface area contributed by atoms with Gasteiger partial charge in [0, 0.05) is 25.3 Å². The first-order valence-electron chi connectivity index (χ1n) is 6.28. The van der Waals surface area contributed by atoms with Gasteiger partial charge in [0.05, 0.1) is 15.9 Å². The number of fused-ring (bicyclic) bond motifs is 1. The Morgan fingerprint density at radius 1 is 1.37 bits per heavy atom. The van der Waals surface area contributed by atoms with Crippen LogP contribution in [-0.4, -0.2) is 37.2 Å². The van der Waals surface area contributed by atoms with Crippen LogP contribution in [0, 0.1) is 0 Å². The zero-order valence-electron chi connectivity index (χ0n) is 11.4. The van der Waals surface area contributed by atoms with Crippen LogP contribution in [-0.2, 0) is 16.3 Å². The van der Waals surface area contributed by atoms with E-state index < -0.39 is 9.84 Å². The van der Waals surface area contributed by atoms with Crippen LogP contribution in [0.5, 0.6) is 0 Å². The van der Waals surface area contributed by atoms with Gasteiger partial charge in [0.1, 0.15) is 5.82 Å². The average Bonchev–Trinajstić information content (AvgIpc) is 2.68. The molecule has 0 fully saturated rings. The number of H-pyrrole nitrogens is 1. The molecule has 0 unspecified atom stereocenters. The van der Waals surface area contributed by atoms with Gasteiger partial charge in [0.2, 0.25) is 0 Å². The maximum atomic E-state index is 11.5. The van der Waals surface area contributed by atoms with Crippen molar-refractivity contribution in [2.24, 2.45) is 0 Å². The molecule has 1 aromatic heterocycles. The molecular weight excluding hydrogens is 262 g/mol. The zero-order valence-corrected chi connectivity index (χ0v) is 12.2. The largest absolute Gasteiger partial charge is 0.342 e. The average molecular weight is 281 g/mol. The van der Waals surface area contributed by atoms with Crippen LogP contribution in [0.4, 0.5) is 0 Å². The molecule has 0 bridgehead atoms. The van der Waals surface area contributed by atoms with E-state index in [4.69, 9.17) is 0 Å². The lowest BCUT2D eigenvalue weighted by Crippen LogP contribution is -2.25. The summed E-state index contributed by atoms with van der Waals surface area (Å²) in [5, 5.41) is 3.32. The van der Waals surface area contributed by atoms with Gasteiger partial charge in [-0.3, -0.25) is 0 Å². The van der Waals surface area contributed by atoms with Crippen molar-refractivity contribution in [3.05, 3.63) is 24.0 Å². The molecule has 0 saturated carbocycles. The number of hydrogen-bond acceptors (Lipinski definition) is 4. The van der Waals surface area contributed by atoms with Crippen molar-refractivity contribution in [2.45, 2.75) is 31.2 Å². The first kappa shape index (κ1) is 14.0. The highest BCUT2D eigenvalue weighted by atomic mass is 32.2. The highest BCUT2D eigenvalue weighted by Gasteiger charge is 2.10. The summed E-state index contributed by atoms with van der Waals surface area (Å²) in [6.45, 7) is 5.03. The fourth-order valence-electron chi connectivity index (χ4n) is 1.87. The Hall–Kier alpha value is -1.40. The number of aromatic nitrogens is 2. The van der Waals surface area contributed by atoms with E-state index in [0.29, 0.717) is 10.9 Å². The fraction of sp³-hybridized carbons (Fsp3) is 0.462. The second-order valence-corrected chi connectivity index (χ2v) is 7.01. The van der Waals surface area contributed by atoms with Crippen molar-refractivity contribution < 1.29 is 8.42 Å². The van der Waals surface area contributed by atoms with Gasteiger partial charge in [-0.2, -0.15) is 0 Å². The van der Waals surface area contributed by atoms with Crippen LogP contribution >= 0.6 is 0 Å². The topological polar surface area (TPSA) is 74.8 Å². The summed E-state index contributed by atoms with van der Waals surface area (Å²) in [5.74, 6) is 0.869. The zero-order chi connectivity index (χ0) is 14.0. The first-order chi connectivity index (χ1) is 8.86. The van der Waals surface area contributed by atoms with Crippen LogP contribution in [0.1, 0.15) is 19.7 Å². The predicted octanol–water partition coefficient (Wildman–Crippen LogP) is 1.51. The molecule has 0 radical (unpaired) electrons. The minimum atomic E-state index is -3.17. The molecule has 5 nitrogen and oxygen atoms in total. The van der Waals surface area contributed by atoms with Crippen LogP contribution in [0.2, 0.25) is 0 Å². The lowest BCUT2D eigenvalue weighted by Gasteiger charge is -2.05. The number of nitrogens with zero attached hydrogens (tertiary/aromatic N) is 1. The minimum absolute atomic E-state index is 0.315. The van der Waals surface area contributed by atoms with E-state index in [1.807, 2.05) is 0 Å². The number of rotatable bonds is 5. The number of hydrogen-bond donors (Lipinski definition) is 2. The molecule has 19 heavy (non-hydrogen) atoms. The molecule has 0 aliphatic rings. The van der Waals surface area contributed by atoms with E-state index in [-0.39, 0.29) is 0 Å². The highest BCUT2D eigenvalue weighted by Crippen LogP contribution is 2.17. The molecule has 1 aromatic carbocycles. The van der Waals surface area contributed by atoms with Crippen LogP contribution in [0.3, 0.4) is 0 Å². The van der Waals surface area contributed by atoms with Gasteiger partial charge in [-0.15, -0.1) is 0 Å². The van der Waals surface area contributed by atoms with E-state index in [1.54, 1.807) is 18.2 Å². The third-order valence-electron chi connectivity index (χ3n) is 2.84. The van der Waals surface area contributed by atoms with Gasteiger partial charge in [-0.25, -0.2) is 13.4 Å². The second kappa shape index (κ2) is 5.30. The quantitative estimate of drug-likeness (QED) is 0.871. The maximum Gasteiger partial charge on any atom is 0.175 e. The molecule has 0 saturated heterocycles. The minimum Gasteiger partial charge on any atom is -0.342 e. The van der Waals surface area contributed by atoms with Crippen molar-refractivity contribution in [3.8, 4) is 0 Å². The maximum absolute atomic E-state index is 11.5. The van der Waals surface area contributed by atoms with E-state index in [0.717, 1.165) is 29.8 Å². The van der Waals surface area contributed by atoms with Gasteiger partial charge < -0.3 is 10.3 Å². The molecule has 2 aromatic rings. The Morgan fingerprint density at radius 3 is 2.74 bits per heavy atom. The van der Waals surface area contributed by atoms with Crippen LogP contribution in [0.15, 0.2) is 23.1 Å². The van der Waals surface area contributed by atoms with Gasteiger partial charge in [-0.05, 0) is 18.2 Å². The first-order valence-corrected chi connectivity index (χ1v) is 8.17. The van der Waals surface area contributed by atoms with E-state index >= 15 is 0 Å². The summed E-state index contributed by atoms with van der Waals surface area (Å²) in [6, 6.07) is 5.41. The molecule has 1 heterocycles. The number of aromatic amines is 1. The van der Waals surface area contributed by atoms with Gasteiger partial charge in [0.25, 0.3) is 0 Å². The fourth-order valence-corrected chi connectivity index (χ4v) is 2.52. The van der Waals surface area contributed by atoms with E-state index in [9.17, 15) is 8.42 Å². The Bertz CT molecular complexity index is 674. The number of nitrogens with one attached hydrogen (secondary N) is 2. The summed E-state index contributed by atoms with van der Waals surface area (Å²) >= 11 is 0. The lowest BCUT2D eigenvalue weighted by atomic mass is 10.3. The molecule has 2 rings (SSSR count). The summed E-state index contributed by atoms with van der Waals surface area (Å²) in [5.41, 5.74) is 1.56. The smallest absolute Gasteiger partial charge is 0.175 e. The Balaban J connectivity index is 2.21. The molecule has 6 heteroatoms. The third-order valence-corrected chi connectivity index (χ3v) is 3.96. The van der Waals surface area contributed by atoms with E-state index in [1.165, 1.54) is 6.26 Å². The normalized spacial score (nSPS) is 12.4. The third kappa shape index (κ3) is 3.54. The Kier molecular flexibility index (Phi) is 3.91. The van der Waals surface area contributed by atoms with Crippen molar-refractivity contribution in [3.63, 3.8) is 0 Å². The Morgan fingerprint density at radius 2 is 2.11 bits per heavy atom. The van der Waals surface area contributed by atoms with Crippen molar-refractivity contribution >= 4 is 20.9 Å². The highest BCUT2D eigenvalue weighted by molar-refractivity contribution is 7.90. The summed E-state index contributed by atoms with van der Waals surface area (Å²) in [7, 11) is -3.17. The molecule has 0 aliphatic heterocycles. The standard InChI is InChI=1S/C13H19N3O2S/c1-9(2)14-7-6-13-15-11-5-4-10(19(3,17)18)8-12(11)16-13/h4-5,8-9,14H,6-7H2,1-3H3,(H,15,16). The number of imidazole rings is 1. The Labute approximate surface area is 113 Å². The van der Waals surface area contributed by atoms with Crippen molar-refractivity contribution in [1.82, 2.24) is 15.3 Å². The van der Waals surface area contributed by atoms with E-state index in [2.05, 4.69) is 29.1 Å². The predicted molar refractivity (Wildman–Crippen MR) is 76.0 cm³/mol. The molecule has 0 spiro atoms. The van der Waals surface area contributed by atoms with Crippen LogP contribution in [0.25, 0.3) is 11.0 Å². The molecule has 0 amide bonds. The molecule has 0 atom stereocenters. The van der Waals surface area contributed by atoms with Crippen molar-refractivity contribution in [1.29, 1.82) is 0 Å². The number of benzene rings is 1. The molecule has 2 N–H and O–H groups in total. The number of sulfone groups is 1. The lowest BCUT2D eigenvalue weighted by molar-refractivity contribution is 0.585. The monoisotopic (exact) mass is 281 g/mol. The molecule has 104 valence electrons. The van der Waals surface area contributed by atoms with Gasteiger partial charge >= 0.3 is 0 Å². The van der Waals surface area contributed by atoms with Crippen molar-refractivity contribution in [2.75, 3.05) is 12.8 Å². The summed E-state index contributed by atoms with van der Waals surface area (Å²) in [4.78, 5) is 7.92. The van der Waals surface area contributed by atoms with Crippen LogP contribution < -0.4 is 5.32 Å². The van der Waals surface area contributed by atoms with Gasteiger partial charge in [0.15, 0.2) is 9.84 Å². The molecule has 0 aliphatic carbocycles. The summed E-state index contributed by atoms with van der Waals surface area (Å²) in [6.07, 6.45) is 2.00. The second-order valence-electron chi connectivity index (χ2n) is 4.99. The molecular formula is C13H19N3O2S. The SMILES string of the molecule is CC(C)NCCc1nc2ccc(S(C)(=O)=O)cc2[nH]1. The summed E-state index contributed by atoms with van der Waals surface area (Å²) < 4.78 is 23.0.